The number of hydrogen-bond donors (Lipinski definition) is 2. The molecule has 2 unspecified atom stereocenters. The van der Waals surface area contributed by atoms with Crippen LogP contribution in [0.2, 0.25) is 0 Å². The fraction of sp³-hybridized carbons (Fsp3) is 0.667. The molecule has 0 aliphatic heterocycles. The van der Waals surface area contributed by atoms with E-state index in [2.05, 4.69) is 16.6 Å². The van der Waals surface area contributed by atoms with Gasteiger partial charge in [-0.3, -0.25) is 0 Å². The van der Waals surface area contributed by atoms with Crippen molar-refractivity contribution in [2.45, 2.75) is 26.2 Å². The number of nitriles is 1. The lowest BCUT2D eigenvalue weighted by molar-refractivity contribution is 0.249. The van der Waals surface area contributed by atoms with Crippen LogP contribution in [-0.2, 0) is 0 Å². The molecule has 1 rings (SSSR count). The number of primary amides is 1. The largest absolute Gasteiger partial charge is 0.350 e. The molecule has 0 spiro atoms. The van der Waals surface area contributed by atoms with Crippen molar-refractivity contribution in [3.63, 3.8) is 0 Å². The van der Waals surface area contributed by atoms with Gasteiger partial charge in [0.15, 0.2) is 0 Å². The molecule has 14 heavy (non-hydrogen) atoms. The van der Waals surface area contributed by atoms with Crippen LogP contribution in [0.5, 0.6) is 0 Å². The van der Waals surface area contributed by atoms with E-state index in [9.17, 15) is 4.79 Å². The van der Waals surface area contributed by atoms with E-state index in [-0.39, 0.29) is 11.8 Å². The third-order valence-electron chi connectivity index (χ3n) is 2.56. The summed E-state index contributed by atoms with van der Waals surface area (Å²) in [5, 5.41) is 12.7. The Balaban J connectivity index is 2.60. The molecule has 3 N–H and O–H groups in total. The van der Waals surface area contributed by atoms with Crippen molar-refractivity contribution in [1.82, 2.24) is 5.43 Å². The quantitative estimate of drug-likeness (QED) is 0.506. The average Bonchev–Trinajstić information content (AvgIpc) is 2.61. The fourth-order valence-corrected chi connectivity index (χ4v) is 1.84. The molecule has 1 saturated carbocycles. The van der Waals surface area contributed by atoms with E-state index >= 15 is 0 Å². The van der Waals surface area contributed by atoms with Crippen molar-refractivity contribution in [1.29, 1.82) is 5.26 Å². The van der Waals surface area contributed by atoms with Crippen LogP contribution in [0, 0.1) is 23.2 Å². The summed E-state index contributed by atoms with van der Waals surface area (Å²) in [5.41, 5.74) is 7.85. The van der Waals surface area contributed by atoms with Crippen LogP contribution < -0.4 is 11.2 Å². The van der Waals surface area contributed by atoms with Crippen molar-refractivity contribution >= 4 is 11.7 Å². The number of nitrogens with two attached hydrogens (primary N) is 1. The molecule has 0 bridgehead atoms. The third-order valence-corrected chi connectivity index (χ3v) is 2.56. The smallest absolute Gasteiger partial charge is 0.332 e. The van der Waals surface area contributed by atoms with Crippen LogP contribution in [0.15, 0.2) is 5.10 Å². The van der Waals surface area contributed by atoms with Crippen molar-refractivity contribution in [2.24, 2.45) is 22.7 Å². The van der Waals surface area contributed by atoms with Gasteiger partial charge in [-0.2, -0.15) is 10.4 Å². The van der Waals surface area contributed by atoms with Gasteiger partial charge in [0.1, 0.15) is 0 Å². The molecule has 0 heterocycles. The molecule has 0 aromatic heterocycles. The van der Waals surface area contributed by atoms with Gasteiger partial charge in [0.2, 0.25) is 0 Å². The zero-order valence-corrected chi connectivity index (χ0v) is 8.16. The van der Waals surface area contributed by atoms with Crippen molar-refractivity contribution < 1.29 is 4.79 Å². The van der Waals surface area contributed by atoms with E-state index in [1.807, 2.05) is 6.92 Å². The summed E-state index contributed by atoms with van der Waals surface area (Å²) in [6.07, 6.45) is 2.94. The summed E-state index contributed by atoms with van der Waals surface area (Å²) in [7, 11) is 0. The summed E-state index contributed by atoms with van der Waals surface area (Å²) in [6, 6.07) is 1.59. The van der Waals surface area contributed by atoms with Crippen LogP contribution in [0.4, 0.5) is 4.79 Å². The van der Waals surface area contributed by atoms with E-state index in [0.717, 1.165) is 25.0 Å². The molecule has 0 aromatic rings. The van der Waals surface area contributed by atoms with Crippen molar-refractivity contribution in [3.8, 4) is 6.07 Å². The topological polar surface area (TPSA) is 91.3 Å². The minimum Gasteiger partial charge on any atom is -0.350 e. The van der Waals surface area contributed by atoms with Gasteiger partial charge in [-0.25, -0.2) is 10.2 Å². The van der Waals surface area contributed by atoms with E-state index in [1.54, 1.807) is 0 Å². The third kappa shape index (κ3) is 2.46. The Morgan fingerprint density at radius 3 is 2.93 bits per heavy atom. The van der Waals surface area contributed by atoms with Crippen molar-refractivity contribution in [3.05, 3.63) is 0 Å². The number of nitrogens with zero attached hydrogens (tertiary/aromatic N) is 2. The van der Waals surface area contributed by atoms with E-state index in [4.69, 9.17) is 11.0 Å². The lowest BCUT2D eigenvalue weighted by Gasteiger charge is -2.12. The molecule has 2 atom stereocenters. The number of carbonyl (C=O) groups excluding carboxylic acids is 1. The highest BCUT2D eigenvalue weighted by Crippen LogP contribution is 2.31. The second kappa shape index (κ2) is 4.61. The number of urea groups is 1. The SMILES string of the molecule is C/C(=N\NC(N)=O)C1CCCC1C#N. The van der Waals surface area contributed by atoms with Gasteiger partial charge in [-0.05, 0) is 19.8 Å². The molecule has 76 valence electrons. The van der Waals surface area contributed by atoms with Crippen LogP contribution >= 0.6 is 0 Å². The summed E-state index contributed by atoms with van der Waals surface area (Å²) in [6.45, 7) is 1.82. The highest BCUT2D eigenvalue weighted by molar-refractivity contribution is 5.86. The number of amides is 2. The summed E-state index contributed by atoms with van der Waals surface area (Å²) in [5.74, 6) is 0.209. The normalized spacial score (nSPS) is 27.0. The van der Waals surface area contributed by atoms with Crippen LogP contribution in [-0.4, -0.2) is 11.7 Å². The maximum absolute atomic E-state index is 10.4. The lowest BCUT2D eigenvalue weighted by Crippen LogP contribution is -2.27. The first kappa shape index (κ1) is 10.5. The van der Waals surface area contributed by atoms with Gasteiger partial charge in [0, 0.05) is 11.6 Å². The highest BCUT2D eigenvalue weighted by atomic mass is 16.2. The predicted octanol–water partition coefficient (Wildman–Crippen LogP) is 0.970. The first-order chi connectivity index (χ1) is 6.65. The first-order valence-electron chi connectivity index (χ1n) is 4.64. The van der Waals surface area contributed by atoms with Crippen molar-refractivity contribution in [2.75, 3.05) is 0 Å². The Kier molecular flexibility index (Phi) is 3.46. The van der Waals surface area contributed by atoms with Crippen LogP contribution in [0.1, 0.15) is 26.2 Å². The molecule has 0 saturated heterocycles. The van der Waals surface area contributed by atoms with Gasteiger partial charge in [-0.1, -0.05) is 6.42 Å². The lowest BCUT2D eigenvalue weighted by atomic mass is 9.93. The molecule has 1 aliphatic carbocycles. The minimum atomic E-state index is -0.671. The van der Waals surface area contributed by atoms with Gasteiger partial charge in [-0.15, -0.1) is 0 Å². The van der Waals surface area contributed by atoms with Gasteiger partial charge < -0.3 is 5.73 Å². The molecule has 5 heteroatoms. The molecular formula is C9H14N4O. The Hall–Kier alpha value is -1.57. The monoisotopic (exact) mass is 194 g/mol. The Morgan fingerprint density at radius 1 is 1.64 bits per heavy atom. The Bertz CT molecular complexity index is 292. The summed E-state index contributed by atoms with van der Waals surface area (Å²) >= 11 is 0. The van der Waals surface area contributed by atoms with Gasteiger partial charge in [0.05, 0.1) is 12.0 Å². The molecule has 5 nitrogen and oxygen atoms in total. The zero-order valence-electron chi connectivity index (χ0n) is 8.16. The number of nitrogens with one attached hydrogen (secondary N) is 1. The fourth-order valence-electron chi connectivity index (χ4n) is 1.84. The van der Waals surface area contributed by atoms with Crippen LogP contribution in [0.3, 0.4) is 0 Å². The molecular weight excluding hydrogens is 180 g/mol. The summed E-state index contributed by atoms with van der Waals surface area (Å²) in [4.78, 5) is 10.4. The maximum Gasteiger partial charge on any atom is 0.332 e. The van der Waals surface area contributed by atoms with Gasteiger partial charge in [0.25, 0.3) is 0 Å². The second-order valence-electron chi connectivity index (χ2n) is 3.50. The number of hydrogen-bond acceptors (Lipinski definition) is 3. The number of hydrazone groups is 1. The number of carbonyl (C=O) groups is 1. The molecule has 1 aliphatic rings. The predicted molar refractivity (Wildman–Crippen MR) is 52.3 cm³/mol. The van der Waals surface area contributed by atoms with E-state index in [1.165, 1.54) is 0 Å². The molecule has 0 radical (unpaired) electrons. The Morgan fingerprint density at radius 2 is 2.36 bits per heavy atom. The molecule has 0 aromatic carbocycles. The summed E-state index contributed by atoms with van der Waals surface area (Å²) < 4.78 is 0. The first-order valence-corrected chi connectivity index (χ1v) is 4.64. The second-order valence-corrected chi connectivity index (χ2v) is 3.50. The maximum atomic E-state index is 10.4. The van der Waals surface area contributed by atoms with E-state index < -0.39 is 6.03 Å². The van der Waals surface area contributed by atoms with Gasteiger partial charge >= 0.3 is 6.03 Å². The average molecular weight is 194 g/mol. The Labute approximate surface area is 83.0 Å². The number of rotatable bonds is 2. The van der Waals surface area contributed by atoms with Crippen LogP contribution in [0.25, 0.3) is 0 Å². The standard InChI is InChI=1S/C9H14N4O/c1-6(12-13-9(11)14)8-4-2-3-7(8)5-10/h7-8H,2-4H2,1H3,(H3,11,13,14)/b12-6+. The minimum absolute atomic E-state index is 0.0356. The molecule has 1 fully saturated rings. The molecule has 2 amide bonds. The zero-order chi connectivity index (χ0) is 10.6. The highest BCUT2D eigenvalue weighted by Gasteiger charge is 2.29. The van der Waals surface area contributed by atoms with E-state index in [0.29, 0.717) is 0 Å².